The lowest BCUT2D eigenvalue weighted by Crippen LogP contribution is -2.41. The Morgan fingerprint density at radius 2 is 1.54 bits per heavy atom. The van der Waals surface area contributed by atoms with Gasteiger partial charge in [-0.2, -0.15) is 0 Å². The number of piperidine rings is 1. The quantitative estimate of drug-likeness (QED) is 0.614. The number of nitrogens with zero attached hydrogens (tertiary/aromatic N) is 1. The average Bonchev–Trinajstić information content (AvgIpc) is 2.03. The third-order valence-electron chi connectivity index (χ3n) is 2.18. The standard InChI is InChI=1S/C7H12NO4P/c9-6(10)4-1-5(7(11)12)3-8(13)2-4/h4-5H,1-3,13H2,(H,9,10)(H,11,12)/t4-,5+. The summed E-state index contributed by atoms with van der Waals surface area (Å²) in [6.07, 6.45) is 0.232. The first-order valence-corrected chi connectivity index (χ1v) is 4.47. The summed E-state index contributed by atoms with van der Waals surface area (Å²) in [5.41, 5.74) is 0. The second-order valence-electron chi connectivity index (χ2n) is 3.26. The Bertz CT molecular complexity index is 211. The molecule has 0 aliphatic carbocycles. The molecule has 0 bridgehead atoms. The molecule has 74 valence electrons. The van der Waals surface area contributed by atoms with E-state index >= 15 is 0 Å². The summed E-state index contributed by atoms with van der Waals surface area (Å²) >= 11 is 0. The molecular formula is C7H12NO4P. The number of hydrogen-bond acceptors (Lipinski definition) is 3. The fourth-order valence-corrected chi connectivity index (χ4v) is 2.00. The summed E-state index contributed by atoms with van der Waals surface area (Å²) in [4.78, 5) is 21.3. The van der Waals surface area contributed by atoms with Gasteiger partial charge in [-0.05, 0) is 6.42 Å². The van der Waals surface area contributed by atoms with Gasteiger partial charge in [0, 0.05) is 13.1 Å². The Morgan fingerprint density at radius 3 is 1.85 bits per heavy atom. The lowest BCUT2D eigenvalue weighted by Gasteiger charge is -2.30. The van der Waals surface area contributed by atoms with Crippen LogP contribution in [0.1, 0.15) is 6.42 Å². The SMILES string of the molecule is O=C(O)[C@@H]1C[C@H](C(=O)O)CN(P)C1. The highest BCUT2D eigenvalue weighted by Gasteiger charge is 2.33. The van der Waals surface area contributed by atoms with E-state index in [0.29, 0.717) is 13.1 Å². The van der Waals surface area contributed by atoms with Gasteiger partial charge in [0.05, 0.1) is 11.8 Å². The summed E-state index contributed by atoms with van der Waals surface area (Å²) in [6.45, 7) is 0.813. The van der Waals surface area contributed by atoms with Crippen LogP contribution < -0.4 is 0 Å². The summed E-state index contributed by atoms with van der Waals surface area (Å²) in [6, 6.07) is 0. The largest absolute Gasteiger partial charge is 0.481 e. The molecule has 13 heavy (non-hydrogen) atoms. The summed E-state index contributed by atoms with van der Waals surface area (Å²) in [5, 5.41) is 17.5. The highest BCUT2D eigenvalue weighted by atomic mass is 31.0. The van der Waals surface area contributed by atoms with Crippen molar-refractivity contribution in [2.75, 3.05) is 13.1 Å². The molecule has 2 N–H and O–H groups in total. The van der Waals surface area contributed by atoms with Crippen molar-refractivity contribution in [3.05, 3.63) is 0 Å². The number of carboxylic acids is 2. The Balaban J connectivity index is 2.62. The predicted octanol–water partition coefficient (Wildman–Crippen LogP) is -0.116. The van der Waals surface area contributed by atoms with E-state index in [2.05, 4.69) is 9.39 Å². The molecule has 1 aliphatic heterocycles. The zero-order valence-corrected chi connectivity index (χ0v) is 8.17. The van der Waals surface area contributed by atoms with Crippen LogP contribution in [0.25, 0.3) is 0 Å². The first-order chi connectivity index (χ1) is 6.00. The van der Waals surface area contributed by atoms with Gasteiger partial charge in [-0.15, -0.1) is 0 Å². The van der Waals surface area contributed by atoms with Gasteiger partial charge in [0.2, 0.25) is 0 Å². The van der Waals surface area contributed by atoms with Crippen molar-refractivity contribution in [1.29, 1.82) is 0 Å². The lowest BCUT2D eigenvalue weighted by molar-refractivity contribution is -0.148. The van der Waals surface area contributed by atoms with Gasteiger partial charge < -0.3 is 10.2 Å². The van der Waals surface area contributed by atoms with E-state index in [1.807, 2.05) is 0 Å². The van der Waals surface area contributed by atoms with Crippen LogP contribution >= 0.6 is 9.39 Å². The first kappa shape index (κ1) is 10.4. The van der Waals surface area contributed by atoms with Gasteiger partial charge in [-0.3, -0.25) is 14.3 Å². The van der Waals surface area contributed by atoms with Gasteiger partial charge in [0.25, 0.3) is 0 Å². The van der Waals surface area contributed by atoms with Crippen LogP contribution in [0, 0.1) is 11.8 Å². The van der Waals surface area contributed by atoms with Crippen molar-refractivity contribution in [3.8, 4) is 0 Å². The topological polar surface area (TPSA) is 77.8 Å². The van der Waals surface area contributed by atoms with Crippen LogP contribution in [-0.4, -0.2) is 39.9 Å². The molecule has 1 fully saturated rings. The zero-order chi connectivity index (χ0) is 10.0. The highest BCUT2D eigenvalue weighted by molar-refractivity contribution is 7.13. The van der Waals surface area contributed by atoms with Gasteiger partial charge in [0.1, 0.15) is 0 Å². The molecule has 6 heteroatoms. The van der Waals surface area contributed by atoms with Crippen LogP contribution in [0.2, 0.25) is 0 Å². The molecule has 0 amide bonds. The van der Waals surface area contributed by atoms with E-state index < -0.39 is 23.8 Å². The smallest absolute Gasteiger partial charge is 0.307 e. The van der Waals surface area contributed by atoms with Crippen LogP contribution in [0.5, 0.6) is 0 Å². The van der Waals surface area contributed by atoms with Crippen LogP contribution in [0.3, 0.4) is 0 Å². The predicted molar refractivity (Wildman–Crippen MR) is 48.2 cm³/mol. The molecule has 1 unspecified atom stereocenters. The van der Waals surface area contributed by atoms with Crippen molar-refractivity contribution in [1.82, 2.24) is 4.67 Å². The van der Waals surface area contributed by atoms with Crippen LogP contribution in [0.15, 0.2) is 0 Å². The van der Waals surface area contributed by atoms with E-state index in [4.69, 9.17) is 10.2 Å². The van der Waals surface area contributed by atoms with Gasteiger partial charge in [-0.1, -0.05) is 9.39 Å². The van der Waals surface area contributed by atoms with E-state index in [9.17, 15) is 9.59 Å². The zero-order valence-electron chi connectivity index (χ0n) is 7.01. The number of hydrogen-bond donors (Lipinski definition) is 2. The normalized spacial score (nSPS) is 29.9. The summed E-state index contributed by atoms with van der Waals surface area (Å²) < 4.78 is 1.67. The third kappa shape index (κ3) is 2.64. The molecule has 0 aromatic heterocycles. The fourth-order valence-electron chi connectivity index (χ4n) is 1.49. The maximum Gasteiger partial charge on any atom is 0.307 e. The first-order valence-electron chi connectivity index (χ1n) is 3.96. The molecule has 0 aromatic carbocycles. The highest BCUT2D eigenvalue weighted by Crippen LogP contribution is 2.24. The van der Waals surface area contributed by atoms with Crippen molar-refractivity contribution in [2.24, 2.45) is 11.8 Å². The Kier molecular flexibility index (Phi) is 3.22. The van der Waals surface area contributed by atoms with E-state index in [1.54, 1.807) is 4.67 Å². The number of rotatable bonds is 2. The second-order valence-corrected chi connectivity index (χ2v) is 3.99. The number of aliphatic carboxylic acids is 2. The molecule has 0 saturated carbocycles. The molecule has 0 aromatic rings. The Labute approximate surface area is 78.0 Å². The molecular weight excluding hydrogens is 193 g/mol. The van der Waals surface area contributed by atoms with E-state index in [0.717, 1.165) is 0 Å². The van der Waals surface area contributed by atoms with Gasteiger partial charge in [0.15, 0.2) is 0 Å². The molecule has 1 aliphatic rings. The summed E-state index contributed by atoms with van der Waals surface area (Å²) in [5.74, 6) is -2.96. The molecule has 1 rings (SSSR count). The molecule has 3 atom stereocenters. The number of carboxylic acid groups (broad SMARTS) is 2. The van der Waals surface area contributed by atoms with Crippen LogP contribution in [-0.2, 0) is 9.59 Å². The van der Waals surface area contributed by atoms with E-state index in [1.165, 1.54) is 0 Å². The third-order valence-corrected chi connectivity index (χ3v) is 2.60. The van der Waals surface area contributed by atoms with Crippen molar-refractivity contribution in [2.45, 2.75) is 6.42 Å². The Hall–Kier alpha value is -0.670. The molecule has 0 radical (unpaired) electrons. The second kappa shape index (κ2) is 4.03. The lowest BCUT2D eigenvalue weighted by atomic mass is 9.91. The van der Waals surface area contributed by atoms with Crippen molar-refractivity contribution >= 4 is 21.3 Å². The minimum absolute atomic E-state index is 0.232. The van der Waals surface area contributed by atoms with E-state index in [-0.39, 0.29) is 6.42 Å². The number of carbonyl (C=O) groups is 2. The maximum atomic E-state index is 10.6. The van der Waals surface area contributed by atoms with Crippen molar-refractivity contribution < 1.29 is 19.8 Å². The monoisotopic (exact) mass is 205 g/mol. The average molecular weight is 205 g/mol. The van der Waals surface area contributed by atoms with Crippen LogP contribution in [0.4, 0.5) is 0 Å². The van der Waals surface area contributed by atoms with Crippen molar-refractivity contribution in [3.63, 3.8) is 0 Å². The molecule has 1 saturated heterocycles. The molecule has 5 nitrogen and oxygen atoms in total. The maximum absolute atomic E-state index is 10.6. The minimum atomic E-state index is -0.918. The summed E-state index contributed by atoms with van der Waals surface area (Å²) in [7, 11) is 2.35. The molecule has 0 spiro atoms. The Morgan fingerprint density at radius 1 is 1.15 bits per heavy atom. The molecule has 1 heterocycles. The minimum Gasteiger partial charge on any atom is -0.481 e. The van der Waals surface area contributed by atoms with Gasteiger partial charge >= 0.3 is 11.9 Å². The van der Waals surface area contributed by atoms with Gasteiger partial charge in [-0.25, -0.2) is 0 Å². The fraction of sp³-hybridized carbons (Fsp3) is 0.714.